The summed E-state index contributed by atoms with van der Waals surface area (Å²) in [6.07, 6.45) is 0. The van der Waals surface area contributed by atoms with Crippen molar-refractivity contribution in [3.63, 3.8) is 0 Å². The van der Waals surface area contributed by atoms with Crippen molar-refractivity contribution in [2.75, 3.05) is 6.79 Å². The highest BCUT2D eigenvalue weighted by molar-refractivity contribution is 5.32. The van der Waals surface area contributed by atoms with Crippen LogP contribution >= 0.6 is 0 Å². The molecule has 0 aromatic heterocycles. The quantitative estimate of drug-likeness (QED) is 0.534. The van der Waals surface area contributed by atoms with E-state index >= 15 is 0 Å². The molecule has 0 saturated heterocycles. The van der Waals surface area contributed by atoms with Gasteiger partial charge in [0.25, 0.3) is 0 Å². The third kappa shape index (κ3) is 0.866. The number of fused-ring (bicyclic) bond motifs is 1. The maximum atomic E-state index is 5.17. The van der Waals surface area contributed by atoms with Gasteiger partial charge in [0.05, 0.1) is 6.61 Å². The van der Waals surface area contributed by atoms with Crippen LogP contribution < -0.4 is 4.74 Å². The fourth-order valence-corrected chi connectivity index (χ4v) is 0.953. The third-order valence-electron chi connectivity index (χ3n) is 1.44. The van der Waals surface area contributed by atoms with Gasteiger partial charge < -0.3 is 9.47 Å². The van der Waals surface area contributed by atoms with E-state index in [1.807, 2.05) is 18.2 Å². The molecule has 2 rings (SSSR count). The first-order valence-electron chi connectivity index (χ1n) is 3.17. The Kier molecular flexibility index (Phi) is 1.32. The molecule has 1 aliphatic heterocycles. The number of hydrogen-bond acceptors (Lipinski definition) is 2. The van der Waals surface area contributed by atoms with Gasteiger partial charge in [-0.05, 0) is 12.1 Å². The van der Waals surface area contributed by atoms with Crippen LogP contribution in [0.4, 0.5) is 0 Å². The van der Waals surface area contributed by atoms with Gasteiger partial charge in [-0.1, -0.05) is 12.1 Å². The highest BCUT2D eigenvalue weighted by atomic mass is 16.7. The second-order valence-corrected chi connectivity index (χ2v) is 2.12. The van der Waals surface area contributed by atoms with E-state index in [9.17, 15) is 0 Å². The van der Waals surface area contributed by atoms with E-state index in [0.717, 1.165) is 11.3 Å². The maximum Gasteiger partial charge on any atom is 0.189 e. The lowest BCUT2D eigenvalue weighted by molar-refractivity contribution is -0.0165. The van der Waals surface area contributed by atoms with E-state index in [1.165, 1.54) is 0 Å². The molecule has 0 atom stereocenters. The average Bonchev–Trinajstić information content (AvgIpc) is 2.05. The molecule has 1 radical (unpaired) electrons. The van der Waals surface area contributed by atoms with E-state index < -0.39 is 0 Å². The maximum absolute atomic E-state index is 5.17. The van der Waals surface area contributed by atoms with E-state index in [1.54, 1.807) is 0 Å². The standard InChI is InChI=1S/C8H7O2/c1-2-4-8-7(3-1)5-9-6-10-8/h1-2,4H,5-6H2. The lowest BCUT2D eigenvalue weighted by atomic mass is 10.2. The second kappa shape index (κ2) is 2.31. The SMILES string of the molecule is [c]1cccc2c1COCO2. The van der Waals surface area contributed by atoms with Crippen molar-refractivity contribution >= 4 is 0 Å². The van der Waals surface area contributed by atoms with E-state index in [2.05, 4.69) is 6.07 Å². The predicted molar refractivity (Wildman–Crippen MR) is 35.6 cm³/mol. The van der Waals surface area contributed by atoms with Gasteiger partial charge >= 0.3 is 0 Å². The lowest BCUT2D eigenvalue weighted by Crippen LogP contribution is -2.10. The summed E-state index contributed by atoms with van der Waals surface area (Å²) in [5, 5.41) is 0. The molecule has 2 nitrogen and oxygen atoms in total. The van der Waals surface area contributed by atoms with Crippen LogP contribution in [0.15, 0.2) is 18.2 Å². The zero-order valence-electron chi connectivity index (χ0n) is 5.46. The summed E-state index contributed by atoms with van der Waals surface area (Å²) in [5.41, 5.74) is 1.01. The van der Waals surface area contributed by atoms with Crippen LogP contribution in [0.5, 0.6) is 5.75 Å². The minimum Gasteiger partial charge on any atom is -0.467 e. The molecule has 0 spiro atoms. The van der Waals surface area contributed by atoms with Gasteiger partial charge in [0.2, 0.25) is 0 Å². The zero-order valence-corrected chi connectivity index (χ0v) is 5.46. The van der Waals surface area contributed by atoms with Crippen LogP contribution in [0, 0.1) is 6.07 Å². The third-order valence-corrected chi connectivity index (χ3v) is 1.44. The molecular weight excluding hydrogens is 128 g/mol. The Bertz CT molecular complexity index is 207. The molecule has 10 heavy (non-hydrogen) atoms. The monoisotopic (exact) mass is 135 g/mol. The molecule has 0 bridgehead atoms. The summed E-state index contributed by atoms with van der Waals surface area (Å²) in [7, 11) is 0. The Hall–Kier alpha value is -1.02. The molecule has 1 aromatic rings. The molecule has 0 unspecified atom stereocenters. The fourth-order valence-electron chi connectivity index (χ4n) is 0.953. The second-order valence-electron chi connectivity index (χ2n) is 2.12. The fraction of sp³-hybridized carbons (Fsp3) is 0.250. The van der Waals surface area contributed by atoms with Gasteiger partial charge in [-0.3, -0.25) is 0 Å². The summed E-state index contributed by atoms with van der Waals surface area (Å²) in [6.45, 7) is 0.987. The van der Waals surface area contributed by atoms with Crippen LogP contribution in [0.1, 0.15) is 5.56 Å². The molecule has 1 aromatic carbocycles. The van der Waals surface area contributed by atoms with Gasteiger partial charge in [-0.15, -0.1) is 0 Å². The Morgan fingerprint density at radius 2 is 2.50 bits per heavy atom. The van der Waals surface area contributed by atoms with Gasteiger partial charge in [0, 0.05) is 5.56 Å². The van der Waals surface area contributed by atoms with Crippen LogP contribution in [-0.2, 0) is 11.3 Å². The van der Waals surface area contributed by atoms with Crippen LogP contribution in [0.25, 0.3) is 0 Å². The lowest BCUT2D eigenvalue weighted by Gasteiger charge is -2.16. The average molecular weight is 135 g/mol. The number of hydrogen-bond donors (Lipinski definition) is 0. The molecular formula is C8H7O2. The Labute approximate surface area is 59.4 Å². The van der Waals surface area contributed by atoms with Crippen molar-refractivity contribution in [1.29, 1.82) is 0 Å². The molecule has 0 amide bonds. The summed E-state index contributed by atoms with van der Waals surface area (Å²) >= 11 is 0. The highest BCUT2D eigenvalue weighted by Gasteiger charge is 2.07. The normalized spacial score (nSPS) is 15.6. The molecule has 0 N–H and O–H groups in total. The number of ether oxygens (including phenoxy) is 2. The highest BCUT2D eigenvalue weighted by Crippen LogP contribution is 2.21. The summed E-state index contributed by atoms with van der Waals surface area (Å²) in [6, 6.07) is 8.73. The summed E-state index contributed by atoms with van der Waals surface area (Å²) in [5.74, 6) is 0.897. The first kappa shape index (κ1) is 5.74. The Morgan fingerprint density at radius 1 is 1.50 bits per heavy atom. The van der Waals surface area contributed by atoms with Crippen molar-refractivity contribution in [3.8, 4) is 5.75 Å². The van der Waals surface area contributed by atoms with E-state index in [4.69, 9.17) is 9.47 Å². The van der Waals surface area contributed by atoms with Crippen molar-refractivity contribution in [1.82, 2.24) is 0 Å². The van der Waals surface area contributed by atoms with Crippen molar-refractivity contribution in [2.45, 2.75) is 6.61 Å². The van der Waals surface area contributed by atoms with Gasteiger partial charge in [0.15, 0.2) is 6.79 Å². The van der Waals surface area contributed by atoms with Crippen molar-refractivity contribution in [2.24, 2.45) is 0 Å². The zero-order chi connectivity index (χ0) is 6.81. The van der Waals surface area contributed by atoms with Crippen LogP contribution in [0.2, 0.25) is 0 Å². The minimum atomic E-state index is 0.366. The van der Waals surface area contributed by atoms with Gasteiger partial charge in [-0.2, -0.15) is 0 Å². The van der Waals surface area contributed by atoms with Crippen molar-refractivity contribution < 1.29 is 9.47 Å². The van der Waals surface area contributed by atoms with Crippen molar-refractivity contribution in [3.05, 3.63) is 29.8 Å². The summed E-state index contributed by atoms with van der Waals surface area (Å²) in [4.78, 5) is 0. The Balaban J connectivity index is 2.41. The van der Waals surface area contributed by atoms with E-state index in [-0.39, 0.29) is 0 Å². The molecule has 2 heteroatoms. The Morgan fingerprint density at radius 3 is 3.40 bits per heavy atom. The topological polar surface area (TPSA) is 18.5 Å². The first-order chi connectivity index (χ1) is 4.97. The number of rotatable bonds is 0. The van der Waals surface area contributed by atoms with Gasteiger partial charge in [-0.25, -0.2) is 0 Å². The number of benzene rings is 1. The van der Waals surface area contributed by atoms with E-state index in [0.29, 0.717) is 13.4 Å². The predicted octanol–water partition coefficient (Wildman–Crippen LogP) is 1.35. The minimum absolute atomic E-state index is 0.366. The largest absolute Gasteiger partial charge is 0.467 e. The summed E-state index contributed by atoms with van der Waals surface area (Å²) < 4.78 is 10.2. The van der Waals surface area contributed by atoms with Gasteiger partial charge in [0.1, 0.15) is 5.75 Å². The molecule has 0 aliphatic carbocycles. The molecule has 1 heterocycles. The van der Waals surface area contributed by atoms with Crippen LogP contribution in [-0.4, -0.2) is 6.79 Å². The molecule has 0 fully saturated rings. The first-order valence-corrected chi connectivity index (χ1v) is 3.17. The molecule has 51 valence electrons. The molecule has 1 aliphatic rings. The molecule has 0 saturated carbocycles. The van der Waals surface area contributed by atoms with Crippen LogP contribution in [0.3, 0.4) is 0 Å². The smallest absolute Gasteiger partial charge is 0.189 e.